The Hall–Kier alpha value is -3.18. The summed E-state index contributed by atoms with van der Waals surface area (Å²) in [5, 5.41) is 36.4. The second-order valence-electron chi connectivity index (χ2n) is 7.29. The second kappa shape index (κ2) is 9.98. The van der Waals surface area contributed by atoms with Crippen molar-refractivity contribution in [3.63, 3.8) is 0 Å². The number of carbonyl (C=O) groups is 4. The molecule has 2 amide bonds. The summed E-state index contributed by atoms with van der Waals surface area (Å²) in [4.78, 5) is 58.5. The Morgan fingerprint density at radius 1 is 1.41 bits per heavy atom. The molecule has 4 rings (SSSR count). The molecule has 2 fully saturated rings. The van der Waals surface area contributed by atoms with Crippen molar-refractivity contribution >= 4 is 64.3 Å². The quantitative estimate of drug-likeness (QED) is 0.132. The standard InChI is InChI=1S/C17H17N7O7S3/c25-10(26)2-31-22-11(8-3-32-7-18-8)13(27)20-12-14(28)24-4-17(16(29)30,6-34-15(12)24)5-33-9-1-19-23-21-9/h1,3,7,12,15H,2,4-6H2,(H,20,27)(H,25,26)(H,29,30)(H,19,21,23)/t12?,15-,17?/m1/s1. The molecule has 0 aliphatic carbocycles. The monoisotopic (exact) mass is 527 g/mol. The number of carbonyl (C=O) groups excluding carboxylic acids is 2. The first-order chi connectivity index (χ1) is 16.3. The second-order valence-corrected chi connectivity index (χ2v) is 10.1. The van der Waals surface area contributed by atoms with E-state index in [2.05, 4.69) is 30.9 Å². The Morgan fingerprint density at radius 3 is 2.88 bits per heavy atom. The first-order valence-corrected chi connectivity index (χ1v) is 12.5. The fraction of sp³-hybridized carbons (Fsp3) is 0.412. The first kappa shape index (κ1) is 24.0. The lowest BCUT2D eigenvalue weighted by atomic mass is 9.89. The maximum Gasteiger partial charge on any atom is 0.344 e. The average molecular weight is 528 g/mol. The third-order valence-electron chi connectivity index (χ3n) is 5.02. The maximum atomic E-state index is 12.8. The lowest BCUT2D eigenvalue weighted by molar-refractivity contribution is -0.157. The van der Waals surface area contributed by atoms with Crippen LogP contribution in [0.5, 0.6) is 0 Å². The minimum Gasteiger partial charge on any atom is -0.481 e. The Kier molecular flexibility index (Phi) is 7.03. The topological polar surface area (TPSA) is 200 Å². The Bertz CT molecular complexity index is 1110. The summed E-state index contributed by atoms with van der Waals surface area (Å²) in [5.74, 6) is -3.04. The van der Waals surface area contributed by atoms with Crippen LogP contribution >= 0.6 is 34.9 Å². The number of thiazole rings is 1. The first-order valence-electron chi connectivity index (χ1n) is 9.56. The highest BCUT2D eigenvalue weighted by atomic mass is 32.2. The number of aromatic nitrogens is 4. The number of aromatic amines is 1. The third-order valence-corrected chi connectivity index (χ3v) is 8.39. The van der Waals surface area contributed by atoms with E-state index in [4.69, 9.17) is 9.94 Å². The van der Waals surface area contributed by atoms with E-state index >= 15 is 0 Å². The van der Waals surface area contributed by atoms with Gasteiger partial charge < -0.3 is 25.3 Å². The van der Waals surface area contributed by atoms with Gasteiger partial charge in [0.05, 0.1) is 11.7 Å². The fourth-order valence-corrected chi connectivity index (χ4v) is 6.46. The third kappa shape index (κ3) is 4.85. The molecule has 14 nitrogen and oxygen atoms in total. The van der Waals surface area contributed by atoms with Crippen molar-refractivity contribution in [2.75, 3.05) is 24.7 Å². The van der Waals surface area contributed by atoms with Gasteiger partial charge in [-0.25, -0.2) is 9.78 Å². The van der Waals surface area contributed by atoms with E-state index in [0.717, 1.165) is 0 Å². The fourth-order valence-electron chi connectivity index (χ4n) is 3.28. The van der Waals surface area contributed by atoms with Crippen LogP contribution in [0.1, 0.15) is 5.69 Å². The summed E-state index contributed by atoms with van der Waals surface area (Å²) in [7, 11) is 0. The molecule has 2 aromatic rings. The molecular formula is C17H17N7O7S3. The molecule has 17 heteroatoms. The van der Waals surface area contributed by atoms with E-state index in [9.17, 15) is 24.3 Å². The van der Waals surface area contributed by atoms with Crippen molar-refractivity contribution < 1.29 is 34.2 Å². The van der Waals surface area contributed by atoms with Crippen LogP contribution in [-0.2, 0) is 24.0 Å². The van der Waals surface area contributed by atoms with Crippen LogP contribution in [0.4, 0.5) is 0 Å². The number of oxime groups is 1. The predicted octanol–water partition coefficient (Wildman–Crippen LogP) is -0.670. The maximum absolute atomic E-state index is 12.8. The van der Waals surface area contributed by atoms with Crippen molar-refractivity contribution in [1.82, 2.24) is 30.6 Å². The Morgan fingerprint density at radius 2 is 2.24 bits per heavy atom. The number of nitrogens with zero attached hydrogens (tertiary/aromatic N) is 5. The number of carboxylic acids is 2. The van der Waals surface area contributed by atoms with Gasteiger partial charge in [-0.15, -0.1) is 40.0 Å². The van der Waals surface area contributed by atoms with Gasteiger partial charge in [0.1, 0.15) is 27.6 Å². The van der Waals surface area contributed by atoms with Crippen LogP contribution in [-0.4, -0.2) is 101 Å². The van der Waals surface area contributed by atoms with Gasteiger partial charge in [0.15, 0.2) is 5.71 Å². The van der Waals surface area contributed by atoms with Gasteiger partial charge >= 0.3 is 11.9 Å². The largest absolute Gasteiger partial charge is 0.481 e. The van der Waals surface area contributed by atoms with Gasteiger partial charge in [0.2, 0.25) is 12.5 Å². The minimum absolute atomic E-state index is 0.00543. The van der Waals surface area contributed by atoms with Gasteiger partial charge in [0.25, 0.3) is 5.91 Å². The highest BCUT2D eigenvalue weighted by Gasteiger charge is 2.57. The number of aliphatic carboxylic acids is 2. The number of hydrogen-bond donors (Lipinski definition) is 4. The van der Waals surface area contributed by atoms with Crippen LogP contribution in [0.15, 0.2) is 27.3 Å². The highest BCUT2D eigenvalue weighted by Crippen LogP contribution is 2.44. The van der Waals surface area contributed by atoms with Crippen LogP contribution in [0, 0.1) is 5.41 Å². The number of amides is 2. The number of hydrogen-bond acceptors (Lipinski definition) is 12. The molecule has 180 valence electrons. The van der Waals surface area contributed by atoms with E-state index in [1.165, 1.54) is 56.8 Å². The summed E-state index contributed by atoms with van der Waals surface area (Å²) in [6.07, 6.45) is 1.49. The number of carboxylic acid groups (broad SMARTS) is 2. The van der Waals surface area contributed by atoms with E-state index in [-0.39, 0.29) is 29.5 Å². The molecule has 2 aromatic heterocycles. The Labute approximate surface area is 203 Å². The van der Waals surface area contributed by atoms with Gasteiger partial charge in [-0.3, -0.25) is 19.5 Å². The smallest absolute Gasteiger partial charge is 0.344 e. The number of H-pyrrole nitrogens is 1. The Balaban J connectivity index is 1.42. The lowest BCUT2D eigenvalue weighted by Crippen LogP contribution is -2.74. The number of β-lactam (4-membered cyclic amide) rings is 1. The molecule has 0 bridgehead atoms. The van der Waals surface area contributed by atoms with Gasteiger partial charge in [-0.05, 0) is 0 Å². The van der Waals surface area contributed by atoms with Gasteiger partial charge in [-0.2, -0.15) is 0 Å². The lowest BCUT2D eigenvalue weighted by Gasteiger charge is -2.53. The summed E-state index contributed by atoms with van der Waals surface area (Å²) in [5.41, 5.74) is 0.187. The molecule has 0 saturated carbocycles. The van der Waals surface area contributed by atoms with Gasteiger partial charge in [-0.1, -0.05) is 10.4 Å². The molecular weight excluding hydrogens is 510 g/mol. The minimum atomic E-state index is -1.27. The molecule has 3 atom stereocenters. The number of rotatable bonds is 10. The van der Waals surface area contributed by atoms with Crippen molar-refractivity contribution in [2.45, 2.75) is 16.4 Å². The van der Waals surface area contributed by atoms with Crippen molar-refractivity contribution in [3.05, 3.63) is 22.8 Å². The normalized spacial score (nSPS) is 24.2. The molecule has 4 N–H and O–H groups in total. The van der Waals surface area contributed by atoms with Crippen molar-refractivity contribution in [1.29, 1.82) is 0 Å². The molecule has 2 aliphatic rings. The SMILES string of the molecule is O=C(O)CON=C(C(=O)NC1C(=O)N2CC(CSc3cnn[nH]3)(C(=O)O)CS[C@H]12)c1cscn1. The van der Waals surface area contributed by atoms with Crippen molar-refractivity contribution in [3.8, 4) is 0 Å². The zero-order valence-electron chi connectivity index (χ0n) is 17.1. The van der Waals surface area contributed by atoms with Crippen LogP contribution in [0.25, 0.3) is 0 Å². The van der Waals surface area contributed by atoms with E-state index in [0.29, 0.717) is 5.03 Å². The highest BCUT2D eigenvalue weighted by molar-refractivity contribution is 8.00. The molecule has 34 heavy (non-hydrogen) atoms. The van der Waals surface area contributed by atoms with Crippen molar-refractivity contribution in [2.24, 2.45) is 10.6 Å². The zero-order valence-corrected chi connectivity index (χ0v) is 19.6. The summed E-state index contributed by atoms with van der Waals surface area (Å²) < 4.78 is 0. The molecule has 0 aromatic carbocycles. The van der Waals surface area contributed by atoms with E-state index < -0.39 is 47.2 Å². The summed E-state index contributed by atoms with van der Waals surface area (Å²) >= 11 is 3.71. The summed E-state index contributed by atoms with van der Waals surface area (Å²) in [6.45, 7) is -0.756. The molecule has 0 radical (unpaired) electrons. The predicted molar refractivity (Wildman–Crippen MR) is 119 cm³/mol. The number of fused-ring (bicyclic) bond motifs is 1. The van der Waals surface area contributed by atoms with Crippen LogP contribution < -0.4 is 5.32 Å². The number of thioether (sulfide) groups is 2. The van der Waals surface area contributed by atoms with E-state index in [1.807, 2.05) is 0 Å². The molecule has 2 unspecified atom stereocenters. The van der Waals surface area contributed by atoms with E-state index in [1.54, 1.807) is 0 Å². The molecule has 4 heterocycles. The molecule has 2 aliphatic heterocycles. The zero-order chi connectivity index (χ0) is 24.3. The van der Waals surface area contributed by atoms with Gasteiger partial charge in [0, 0.05) is 23.4 Å². The van der Waals surface area contributed by atoms with Crippen LogP contribution in [0.2, 0.25) is 0 Å². The summed E-state index contributed by atoms with van der Waals surface area (Å²) in [6, 6.07) is -0.892. The molecule has 0 spiro atoms. The molecule has 2 saturated heterocycles. The van der Waals surface area contributed by atoms with Crippen LogP contribution in [0.3, 0.4) is 0 Å². The number of nitrogens with one attached hydrogen (secondary N) is 2. The average Bonchev–Trinajstić information content (AvgIpc) is 3.53.